The minimum Gasteiger partial charge on any atom is -0.371 e. The number of aliphatic imine (C=N–C) groups is 1. The molecule has 0 bridgehead atoms. The minimum atomic E-state index is 0. The Morgan fingerprint density at radius 1 is 0.618 bits per heavy atom. The van der Waals surface area contributed by atoms with Crippen molar-refractivity contribution in [3.8, 4) is 0 Å². The molecule has 7 aromatic rings. The standard InChI is InChI=1S/C25H31ClN6O.C13H17N3O.C12H14ClN3.C12H19N3.C6H15N.ClH/c26-21-4-1-5-22-23(21)30-24(29-22)19-3-2-14-32(17-19)25(33)28-13-6-18-9-15-31(16-10-18)20-7-11-27-12-8-20;17-11-15-6-1-12-4-9-16(10-5-12)13-2-7-14-8-3-13;13-9-4-1-5-10-11(9)16-12(15-10)8-3-2-6-14-7-8;13-6-1-11-4-9-15(10-5-11)12-2-7-14-8-3-12;1-4-7(5-2)6-3;/h1,4-5,7-8,11-12,18-19H,2-3,6,9-10,13-17H2,(H,28,33)(H,29,30);2-3,7-8,12H,1,4-6,9-10H2;1,4-5,8,14H,2-3,6-7H2,(H,15,16);2-3,7-8,11H,1,4-6,9-10,13H2;4-6H2,1-3H3;1H. The number of rotatable bonds is 16. The molecule has 2 unspecified atom stereocenters. The number of nitrogens with zero attached hydrogens (tertiary/aromatic N) is 11. The zero-order valence-electron chi connectivity index (χ0n) is 52.8. The lowest BCUT2D eigenvalue weighted by Gasteiger charge is -2.34. The number of aromatic amines is 2. The quantitative estimate of drug-likeness (QED) is 0.0451. The third-order valence-electron chi connectivity index (χ3n) is 18.1. The molecule has 2 amide bonds. The highest BCUT2D eigenvalue weighted by Crippen LogP contribution is 2.32. The maximum Gasteiger partial charge on any atom is 0.317 e. The van der Waals surface area contributed by atoms with Crippen LogP contribution >= 0.6 is 35.6 Å². The van der Waals surface area contributed by atoms with Crippen molar-refractivity contribution >= 4 is 86.8 Å². The number of fused-ring (bicyclic) bond motifs is 2. The number of urea groups is 1. The molecule has 12 rings (SSSR count). The van der Waals surface area contributed by atoms with Crippen LogP contribution in [-0.4, -0.2) is 162 Å². The van der Waals surface area contributed by atoms with Crippen LogP contribution in [0.1, 0.15) is 128 Å². The number of nitrogens with one attached hydrogen (secondary N) is 4. The largest absolute Gasteiger partial charge is 0.371 e. The molecule has 5 aromatic heterocycles. The van der Waals surface area contributed by atoms with E-state index in [1.54, 1.807) is 6.08 Å². The van der Waals surface area contributed by atoms with Crippen LogP contribution < -0.4 is 31.1 Å². The Bertz CT molecular complexity index is 3110. The van der Waals surface area contributed by atoms with E-state index in [0.717, 1.165) is 142 Å². The first-order valence-corrected chi connectivity index (χ1v) is 33.3. The average Bonchev–Trinajstić information content (AvgIpc) is 2.94. The van der Waals surface area contributed by atoms with Crippen LogP contribution in [0.4, 0.5) is 21.9 Å². The number of pyridine rings is 3. The van der Waals surface area contributed by atoms with Gasteiger partial charge in [0.05, 0.1) is 27.6 Å². The molecule has 5 saturated heterocycles. The second-order valence-electron chi connectivity index (χ2n) is 23.7. The van der Waals surface area contributed by atoms with Crippen molar-refractivity contribution in [2.45, 2.75) is 116 Å². The summed E-state index contributed by atoms with van der Waals surface area (Å²) in [5.74, 6) is 4.91. The summed E-state index contributed by atoms with van der Waals surface area (Å²) < 4.78 is 0. The minimum absolute atomic E-state index is 0. The van der Waals surface area contributed by atoms with Gasteiger partial charge in [-0.25, -0.2) is 24.5 Å². The molecule has 0 spiro atoms. The van der Waals surface area contributed by atoms with Gasteiger partial charge in [0.25, 0.3) is 0 Å². The van der Waals surface area contributed by atoms with Crippen LogP contribution in [0, 0.1) is 17.8 Å². The summed E-state index contributed by atoms with van der Waals surface area (Å²) >= 11 is 12.4. The Kier molecular flexibility index (Phi) is 30.2. The molecule has 21 heteroatoms. The lowest BCUT2D eigenvalue weighted by Crippen LogP contribution is -2.45. The van der Waals surface area contributed by atoms with Gasteiger partial charge in [-0.05, 0) is 195 Å². The van der Waals surface area contributed by atoms with E-state index in [-0.39, 0.29) is 24.4 Å². The molecular weight excluding hydrogens is 1180 g/mol. The van der Waals surface area contributed by atoms with E-state index in [0.29, 0.717) is 35.9 Å². The Morgan fingerprint density at radius 2 is 1.07 bits per heavy atom. The number of carbonyl (C=O) groups excluding carboxylic acids is 2. The predicted octanol–water partition coefficient (Wildman–Crippen LogP) is 12.9. The number of amides is 2. The third-order valence-corrected chi connectivity index (χ3v) is 18.7. The number of para-hydroxylation sites is 2. The van der Waals surface area contributed by atoms with Crippen molar-refractivity contribution in [2.75, 3.05) is 119 Å². The highest BCUT2D eigenvalue weighted by Gasteiger charge is 2.28. The van der Waals surface area contributed by atoms with Gasteiger partial charge in [0.15, 0.2) is 0 Å². The van der Waals surface area contributed by atoms with Gasteiger partial charge in [0.2, 0.25) is 6.08 Å². The van der Waals surface area contributed by atoms with E-state index in [4.69, 9.17) is 33.9 Å². The summed E-state index contributed by atoms with van der Waals surface area (Å²) in [5.41, 5.74) is 13.1. The number of hydrogen-bond donors (Lipinski definition) is 5. The van der Waals surface area contributed by atoms with Crippen LogP contribution in [0.2, 0.25) is 10.0 Å². The fraction of sp³-hybridized carbons (Fsp3) is 0.544. The van der Waals surface area contributed by atoms with E-state index in [9.17, 15) is 9.59 Å². The van der Waals surface area contributed by atoms with Crippen LogP contribution in [0.3, 0.4) is 0 Å². The number of carbonyl (C=O) groups is 1. The molecule has 2 aromatic carbocycles. The smallest absolute Gasteiger partial charge is 0.317 e. The van der Waals surface area contributed by atoms with Crippen LogP contribution in [-0.2, 0) is 4.79 Å². The van der Waals surface area contributed by atoms with Gasteiger partial charge in [-0.15, -0.1) is 12.4 Å². The molecular formula is C68H97Cl3N16O2. The molecule has 5 aliphatic rings. The first-order chi connectivity index (χ1) is 43.2. The molecule has 0 radical (unpaired) electrons. The number of likely N-dealkylation sites (tertiary alicyclic amines) is 1. The summed E-state index contributed by atoms with van der Waals surface area (Å²) in [6.45, 7) is 22.6. The Balaban J connectivity index is 0.000000172. The van der Waals surface area contributed by atoms with Gasteiger partial charge >= 0.3 is 6.03 Å². The maximum absolute atomic E-state index is 12.8. The monoisotopic (exact) mass is 1270 g/mol. The van der Waals surface area contributed by atoms with Crippen molar-refractivity contribution in [1.29, 1.82) is 0 Å². The summed E-state index contributed by atoms with van der Waals surface area (Å²) in [6.07, 6.45) is 27.6. The molecule has 2 atom stereocenters. The zero-order valence-corrected chi connectivity index (χ0v) is 55.1. The maximum atomic E-state index is 12.8. The summed E-state index contributed by atoms with van der Waals surface area (Å²) in [7, 11) is 0. The van der Waals surface area contributed by atoms with Crippen LogP contribution in [0.5, 0.6) is 0 Å². The third kappa shape index (κ3) is 21.9. The van der Waals surface area contributed by atoms with Gasteiger partial charge in [0, 0.05) is 132 Å². The number of halogens is 3. The Hall–Kier alpha value is -6.37. The highest BCUT2D eigenvalue weighted by atomic mass is 35.5. The second kappa shape index (κ2) is 38.4. The van der Waals surface area contributed by atoms with E-state index < -0.39 is 0 Å². The van der Waals surface area contributed by atoms with E-state index in [2.05, 4.69) is 122 Å². The number of isocyanates is 1. The number of aromatic nitrogens is 7. The molecule has 18 nitrogen and oxygen atoms in total. The normalized spacial score (nSPS) is 18.2. The molecule has 6 N–H and O–H groups in total. The first-order valence-electron chi connectivity index (χ1n) is 32.6. The van der Waals surface area contributed by atoms with E-state index in [1.807, 2.05) is 78.5 Å². The summed E-state index contributed by atoms with van der Waals surface area (Å²) in [4.78, 5) is 66.3. The predicted molar refractivity (Wildman–Crippen MR) is 368 cm³/mol. The second-order valence-corrected chi connectivity index (χ2v) is 24.5. The van der Waals surface area contributed by atoms with Crippen LogP contribution in [0.15, 0.2) is 115 Å². The summed E-state index contributed by atoms with van der Waals surface area (Å²) in [6, 6.07) is 24.1. The number of piperidine rings is 5. The highest BCUT2D eigenvalue weighted by molar-refractivity contribution is 6.35. The van der Waals surface area contributed by atoms with Crippen molar-refractivity contribution in [2.24, 2.45) is 28.5 Å². The molecule has 89 heavy (non-hydrogen) atoms. The van der Waals surface area contributed by atoms with Gasteiger partial charge < -0.3 is 50.8 Å². The number of anilines is 3. The average molecular weight is 1280 g/mol. The van der Waals surface area contributed by atoms with Crippen LogP contribution in [0.25, 0.3) is 22.1 Å². The SMILES string of the molecule is CCN(CC)CC.Cl.Clc1cccc2[nH]c(C3CCCNC3)nc12.NCCC1CCN(c2ccncc2)CC1.O=C(NCCC1CCN(c2ccncc2)CC1)N1CCCC(c2nc3c(Cl)cccc3[nH]2)C1.O=C=NCCC1CCN(c2ccncc2)CC1. The van der Waals surface area contributed by atoms with Gasteiger partial charge in [-0.2, -0.15) is 0 Å². The van der Waals surface area contributed by atoms with Crippen molar-refractivity contribution in [3.63, 3.8) is 0 Å². The topological polar surface area (TPSA) is 209 Å². The molecule has 10 heterocycles. The fourth-order valence-electron chi connectivity index (χ4n) is 12.7. The number of nitrogens with two attached hydrogens (primary N) is 1. The van der Waals surface area contributed by atoms with Gasteiger partial charge in [-0.3, -0.25) is 15.0 Å². The van der Waals surface area contributed by atoms with Gasteiger partial charge in [-0.1, -0.05) is 56.1 Å². The lowest BCUT2D eigenvalue weighted by molar-refractivity contribution is 0.177. The molecule has 0 aliphatic carbocycles. The van der Waals surface area contributed by atoms with Crippen molar-refractivity contribution in [3.05, 3.63) is 132 Å². The van der Waals surface area contributed by atoms with E-state index >= 15 is 0 Å². The fourth-order valence-corrected chi connectivity index (χ4v) is 13.1. The molecule has 482 valence electrons. The molecule has 5 fully saturated rings. The van der Waals surface area contributed by atoms with E-state index in [1.165, 1.54) is 94.5 Å². The summed E-state index contributed by atoms with van der Waals surface area (Å²) in [5, 5.41) is 7.95. The zero-order chi connectivity index (χ0) is 61.7. The lowest BCUT2D eigenvalue weighted by atomic mass is 9.93. The first kappa shape index (κ1) is 70.1. The molecule has 5 aliphatic heterocycles. The number of benzene rings is 2. The Morgan fingerprint density at radius 3 is 1.48 bits per heavy atom. The number of imidazole rings is 2. The van der Waals surface area contributed by atoms with Crippen molar-refractivity contribution in [1.82, 2.24) is 55.3 Å². The van der Waals surface area contributed by atoms with Gasteiger partial charge in [0.1, 0.15) is 22.7 Å². The number of hydrogen-bond acceptors (Lipinski definition) is 14. The molecule has 0 saturated carbocycles. The number of H-pyrrole nitrogens is 2. The van der Waals surface area contributed by atoms with Crippen molar-refractivity contribution < 1.29 is 9.59 Å². The Labute approximate surface area is 544 Å².